The molecule has 3 nitrogen and oxygen atoms in total. The van der Waals surface area contributed by atoms with Gasteiger partial charge in [0.2, 0.25) is 0 Å². The summed E-state index contributed by atoms with van der Waals surface area (Å²) in [4.78, 5) is 14.3. The molecular weight excluding hydrogens is 478 g/mol. The fourth-order valence-corrected chi connectivity index (χ4v) is 3.75. The first-order valence-corrected chi connectivity index (χ1v) is 10.5. The minimum absolute atomic E-state index is 0.849. The second-order valence-corrected chi connectivity index (χ2v) is 8.50. The number of aryl methyl sites for hydroxylation is 2. The van der Waals surface area contributed by atoms with Crippen LogP contribution in [0.25, 0.3) is 0 Å². The quantitative estimate of drug-likeness (QED) is 0.343. The van der Waals surface area contributed by atoms with Crippen LogP contribution in [0.1, 0.15) is 36.4 Å². The van der Waals surface area contributed by atoms with Gasteiger partial charge in [0.25, 0.3) is 0 Å². The lowest BCUT2D eigenvalue weighted by molar-refractivity contribution is 1.23. The van der Waals surface area contributed by atoms with E-state index in [1.807, 2.05) is 56.3 Å². The van der Waals surface area contributed by atoms with E-state index in [4.69, 9.17) is 15.0 Å². The van der Waals surface area contributed by atoms with Crippen molar-refractivity contribution < 1.29 is 0 Å². The van der Waals surface area contributed by atoms with Gasteiger partial charge in [0.15, 0.2) is 0 Å². The van der Waals surface area contributed by atoms with Gasteiger partial charge in [-0.15, -0.1) is 0 Å². The topological polar surface area (TPSA) is 37.6 Å². The molecule has 3 rings (SSSR count). The second-order valence-electron chi connectivity index (χ2n) is 6.66. The van der Waals surface area contributed by atoms with E-state index in [1.54, 1.807) is 0 Å². The first kappa shape index (κ1) is 20.6. The normalized spacial score (nSPS) is 12.4. The van der Waals surface area contributed by atoms with Crippen LogP contribution in [0.15, 0.2) is 73.5 Å². The Hall–Kier alpha value is -2.11. The molecule has 0 atom stereocenters. The lowest BCUT2D eigenvalue weighted by atomic mass is 10.1. The molecule has 0 aliphatic heterocycles. The van der Waals surface area contributed by atoms with Crippen molar-refractivity contribution in [1.29, 1.82) is 0 Å². The standard InChI is InChI=1S/C23H21Br2N3/c1-14-12-18(24)8-10-20(14)26-16(3)22-6-5-7-23(28-22)17(4)27-21-11-9-19(25)13-15(21)2/h5-13H,1-4H3/b26-16+,27-17+. The number of halogens is 2. The van der Waals surface area contributed by atoms with Crippen LogP contribution in [0.5, 0.6) is 0 Å². The molecule has 0 saturated carbocycles. The smallest absolute Gasteiger partial charge is 0.0849 e. The Balaban J connectivity index is 1.93. The SMILES string of the molecule is C/C(=N\c1ccc(Br)cc1C)c1cccc(/C(C)=N/c2ccc(Br)cc2C)n1. The van der Waals surface area contributed by atoms with Crippen LogP contribution in [-0.4, -0.2) is 16.4 Å². The van der Waals surface area contributed by atoms with E-state index in [2.05, 4.69) is 57.8 Å². The average molecular weight is 499 g/mol. The summed E-state index contributed by atoms with van der Waals surface area (Å²) in [7, 11) is 0. The number of pyridine rings is 1. The molecule has 1 heterocycles. The van der Waals surface area contributed by atoms with Gasteiger partial charge in [0, 0.05) is 8.95 Å². The molecule has 0 bridgehead atoms. The molecule has 0 radical (unpaired) electrons. The van der Waals surface area contributed by atoms with E-state index in [0.717, 1.165) is 54.3 Å². The molecule has 3 aromatic rings. The number of aromatic nitrogens is 1. The Morgan fingerprint density at radius 1 is 0.714 bits per heavy atom. The summed E-state index contributed by atoms with van der Waals surface area (Å²) in [6, 6.07) is 18.1. The monoisotopic (exact) mass is 497 g/mol. The molecule has 0 amide bonds. The molecule has 0 unspecified atom stereocenters. The maximum Gasteiger partial charge on any atom is 0.0849 e. The van der Waals surface area contributed by atoms with Crippen molar-refractivity contribution >= 4 is 54.7 Å². The third kappa shape index (κ3) is 5.03. The number of rotatable bonds is 4. The summed E-state index contributed by atoms with van der Waals surface area (Å²) in [5, 5.41) is 0. The molecule has 0 fully saturated rings. The Labute approximate surface area is 182 Å². The first-order valence-electron chi connectivity index (χ1n) is 8.94. The molecular formula is C23H21Br2N3. The summed E-state index contributed by atoms with van der Waals surface area (Å²) in [5.41, 5.74) is 7.58. The molecule has 5 heteroatoms. The highest BCUT2D eigenvalue weighted by Crippen LogP contribution is 2.25. The van der Waals surface area contributed by atoms with Crippen molar-refractivity contribution in [3.05, 3.63) is 86.1 Å². The highest BCUT2D eigenvalue weighted by Gasteiger charge is 2.07. The fourth-order valence-electron chi connectivity index (χ4n) is 2.80. The Morgan fingerprint density at radius 3 is 1.54 bits per heavy atom. The predicted molar refractivity (Wildman–Crippen MR) is 126 cm³/mol. The van der Waals surface area contributed by atoms with Crippen LogP contribution in [-0.2, 0) is 0 Å². The molecule has 0 aliphatic rings. The van der Waals surface area contributed by atoms with Gasteiger partial charge in [-0.3, -0.25) is 9.98 Å². The Kier molecular flexibility index (Phi) is 6.57. The third-order valence-electron chi connectivity index (χ3n) is 4.38. The maximum absolute atomic E-state index is 4.78. The average Bonchev–Trinajstić information content (AvgIpc) is 2.66. The zero-order valence-corrected chi connectivity index (χ0v) is 19.5. The van der Waals surface area contributed by atoms with Gasteiger partial charge in [-0.2, -0.15) is 0 Å². The van der Waals surface area contributed by atoms with Crippen LogP contribution in [0.4, 0.5) is 11.4 Å². The number of benzene rings is 2. The van der Waals surface area contributed by atoms with Crippen molar-refractivity contribution in [1.82, 2.24) is 4.98 Å². The van der Waals surface area contributed by atoms with Gasteiger partial charge < -0.3 is 0 Å². The van der Waals surface area contributed by atoms with E-state index in [-0.39, 0.29) is 0 Å². The molecule has 0 saturated heterocycles. The van der Waals surface area contributed by atoms with E-state index >= 15 is 0 Å². The summed E-state index contributed by atoms with van der Waals surface area (Å²) in [6.45, 7) is 8.08. The molecule has 28 heavy (non-hydrogen) atoms. The molecule has 0 spiro atoms. The van der Waals surface area contributed by atoms with Gasteiger partial charge >= 0.3 is 0 Å². The second kappa shape index (κ2) is 8.93. The number of hydrogen-bond donors (Lipinski definition) is 0. The van der Waals surface area contributed by atoms with E-state index in [0.29, 0.717) is 0 Å². The molecule has 0 N–H and O–H groups in total. The van der Waals surface area contributed by atoms with E-state index < -0.39 is 0 Å². The predicted octanol–water partition coefficient (Wildman–Crippen LogP) is 7.50. The van der Waals surface area contributed by atoms with Crippen molar-refractivity contribution in [2.45, 2.75) is 27.7 Å². The van der Waals surface area contributed by atoms with Crippen LogP contribution in [0.3, 0.4) is 0 Å². The van der Waals surface area contributed by atoms with Gasteiger partial charge in [0.1, 0.15) is 0 Å². The van der Waals surface area contributed by atoms with Gasteiger partial charge in [-0.1, -0.05) is 37.9 Å². The number of nitrogens with zero attached hydrogens (tertiary/aromatic N) is 3. The number of aliphatic imine (C=N–C) groups is 2. The van der Waals surface area contributed by atoms with Crippen LogP contribution < -0.4 is 0 Å². The summed E-state index contributed by atoms with van der Waals surface area (Å²) in [5.74, 6) is 0. The van der Waals surface area contributed by atoms with E-state index in [1.165, 1.54) is 0 Å². The van der Waals surface area contributed by atoms with Crippen LogP contribution in [0.2, 0.25) is 0 Å². The summed E-state index contributed by atoms with van der Waals surface area (Å²) < 4.78 is 2.11. The fraction of sp³-hybridized carbons (Fsp3) is 0.174. The van der Waals surface area contributed by atoms with Crippen LogP contribution >= 0.6 is 31.9 Å². The Morgan fingerprint density at radius 2 is 1.14 bits per heavy atom. The van der Waals surface area contributed by atoms with Gasteiger partial charge in [-0.05, 0) is 87.4 Å². The van der Waals surface area contributed by atoms with E-state index in [9.17, 15) is 0 Å². The lowest BCUT2D eigenvalue weighted by Gasteiger charge is -2.07. The largest absolute Gasteiger partial charge is 0.251 e. The number of hydrogen-bond acceptors (Lipinski definition) is 3. The maximum atomic E-state index is 4.78. The third-order valence-corrected chi connectivity index (χ3v) is 5.37. The van der Waals surface area contributed by atoms with Crippen molar-refractivity contribution in [2.75, 3.05) is 0 Å². The van der Waals surface area contributed by atoms with Crippen molar-refractivity contribution in [2.24, 2.45) is 9.98 Å². The zero-order valence-electron chi connectivity index (χ0n) is 16.3. The van der Waals surface area contributed by atoms with Crippen molar-refractivity contribution in [3.63, 3.8) is 0 Å². The van der Waals surface area contributed by atoms with Crippen LogP contribution in [0, 0.1) is 13.8 Å². The Bertz CT molecular complexity index is 1000. The van der Waals surface area contributed by atoms with Gasteiger partial charge in [-0.25, -0.2) is 4.98 Å². The van der Waals surface area contributed by atoms with Gasteiger partial charge in [0.05, 0.1) is 34.2 Å². The first-order chi connectivity index (χ1) is 13.3. The minimum atomic E-state index is 0.849. The molecule has 1 aromatic heterocycles. The minimum Gasteiger partial charge on any atom is -0.251 e. The highest BCUT2D eigenvalue weighted by atomic mass is 79.9. The van der Waals surface area contributed by atoms with Crippen molar-refractivity contribution in [3.8, 4) is 0 Å². The zero-order chi connectivity index (χ0) is 20.3. The molecule has 142 valence electrons. The lowest BCUT2D eigenvalue weighted by Crippen LogP contribution is -2.05. The summed E-state index contributed by atoms with van der Waals surface area (Å²) in [6.07, 6.45) is 0. The molecule has 2 aromatic carbocycles. The highest BCUT2D eigenvalue weighted by molar-refractivity contribution is 9.10. The summed E-state index contributed by atoms with van der Waals surface area (Å²) >= 11 is 6.98. The molecule has 0 aliphatic carbocycles.